The Labute approximate surface area is 193 Å². The van der Waals surface area contributed by atoms with Gasteiger partial charge in [0.2, 0.25) is 0 Å². The summed E-state index contributed by atoms with van der Waals surface area (Å²) in [6.45, 7) is 0.140. The maximum Gasteiger partial charge on any atom is 0.416 e. The number of fused-ring (bicyclic) bond motifs is 1. The number of hydrogen-bond acceptors (Lipinski definition) is 4. The highest BCUT2D eigenvalue weighted by molar-refractivity contribution is 5.82. The molecule has 9 heteroatoms. The SMILES string of the molecule is O=C(C(O)c1cccc(C(F)(F)F)c1)N1CCc2nc(C3(c4ccccc4)CC3)[nH]c(=O)c2C1. The number of alkyl halides is 3. The van der Waals surface area contributed by atoms with Crippen LogP contribution in [-0.4, -0.2) is 32.4 Å². The van der Waals surface area contributed by atoms with Crippen LogP contribution in [0.25, 0.3) is 0 Å². The Kier molecular flexibility index (Phi) is 5.31. The molecule has 2 N–H and O–H groups in total. The first-order valence-corrected chi connectivity index (χ1v) is 11.0. The van der Waals surface area contributed by atoms with Crippen LogP contribution >= 0.6 is 0 Å². The largest absolute Gasteiger partial charge is 0.416 e. The summed E-state index contributed by atoms with van der Waals surface area (Å²) in [6, 6.07) is 13.9. The summed E-state index contributed by atoms with van der Waals surface area (Å²) < 4.78 is 39.0. The maximum absolute atomic E-state index is 13.0. The van der Waals surface area contributed by atoms with E-state index in [2.05, 4.69) is 4.98 Å². The molecule has 34 heavy (non-hydrogen) atoms. The van der Waals surface area contributed by atoms with Crippen LogP contribution < -0.4 is 5.56 Å². The van der Waals surface area contributed by atoms with Gasteiger partial charge in [0.15, 0.2) is 6.10 Å². The average molecular weight is 469 g/mol. The third-order valence-electron chi connectivity index (χ3n) is 6.67. The Balaban J connectivity index is 1.38. The Morgan fingerprint density at radius 3 is 2.53 bits per heavy atom. The third-order valence-corrected chi connectivity index (χ3v) is 6.67. The van der Waals surface area contributed by atoms with E-state index in [1.54, 1.807) is 0 Å². The Bertz CT molecular complexity index is 1300. The lowest BCUT2D eigenvalue weighted by Crippen LogP contribution is -2.42. The van der Waals surface area contributed by atoms with Crippen LogP contribution in [0.5, 0.6) is 0 Å². The molecule has 2 aromatic carbocycles. The van der Waals surface area contributed by atoms with Gasteiger partial charge >= 0.3 is 6.18 Å². The molecule has 1 amide bonds. The van der Waals surface area contributed by atoms with Crippen LogP contribution in [0.1, 0.15) is 52.7 Å². The number of aliphatic hydroxyl groups is 1. The van der Waals surface area contributed by atoms with Crippen LogP contribution in [0.4, 0.5) is 13.2 Å². The number of aliphatic hydroxyl groups excluding tert-OH is 1. The summed E-state index contributed by atoms with van der Waals surface area (Å²) in [5.74, 6) is -0.136. The van der Waals surface area contributed by atoms with Crippen LogP contribution in [0.15, 0.2) is 59.4 Å². The molecule has 2 aliphatic rings. The first kappa shape index (κ1) is 22.3. The lowest BCUT2D eigenvalue weighted by Gasteiger charge is -2.30. The predicted molar refractivity (Wildman–Crippen MR) is 117 cm³/mol. The predicted octanol–water partition coefficient (Wildman–Crippen LogP) is 3.49. The van der Waals surface area contributed by atoms with Crippen molar-refractivity contribution in [1.82, 2.24) is 14.9 Å². The highest BCUT2D eigenvalue weighted by Crippen LogP contribution is 2.51. The molecule has 1 unspecified atom stereocenters. The summed E-state index contributed by atoms with van der Waals surface area (Å²) in [5.41, 5.74) is 0.306. The first-order valence-electron chi connectivity index (χ1n) is 11.0. The van der Waals surface area contributed by atoms with Crippen molar-refractivity contribution < 1.29 is 23.1 Å². The third kappa shape index (κ3) is 3.90. The minimum absolute atomic E-state index is 0.0643. The molecule has 1 fully saturated rings. The molecule has 6 nitrogen and oxygen atoms in total. The van der Waals surface area contributed by atoms with Crippen molar-refractivity contribution in [3.05, 3.63) is 98.7 Å². The van der Waals surface area contributed by atoms with Crippen molar-refractivity contribution in [2.45, 2.75) is 43.5 Å². The zero-order valence-corrected chi connectivity index (χ0v) is 18.1. The number of H-pyrrole nitrogens is 1. The molecule has 1 aliphatic carbocycles. The minimum atomic E-state index is -4.59. The van der Waals surface area contributed by atoms with Gasteiger partial charge in [-0.2, -0.15) is 13.2 Å². The minimum Gasteiger partial charge on any atom is -0.378 e. The van der Waals surface area contributed by atoms with E-state index in [-0.39, 0.29) is 29.6 Å². The number of aromatic amines is 1. The van der Waals surface area contributed by atoms with Gasteiger partial charge in [0.1, 0.15) is 5.82 Å². The van der Waals surface area contributed by atoms with Gasteiger partial charge < -0.3 is 15.0 Å². The van der Waals surface area contributed by atoms with E-state index >= 15 is 0 Å². The molecule has 0 radical (unpaired) electrons. The molecule has 2 heterocycles. The van der Waals surface area contributed by atoms with Gasteiger partial charge in [-0.05, 0) is 36.1 Å². The van der Waals surface area contributed by atoms with Crippen LogP contribution in [-0.2, 0) is 29.4 Å². The van der Waals surface area contributed by atoms with Crippen LogP contribution in [0.2, 0.25) is 0 Å². The Hall–Kier alpha value is -3.46. The van der Waals surface area contributed by atoms with Crippen molar-refractivity contribution in [3.8, 4) is 0 Å². The van der Waals surface area contributed by atoms with Gasteiger partial charge in [-0.25, -0.2) is 4.98 Å². The molecule has 0 bridgehead atoms. The van der Waals surface area contributed by atoms with Crippen LogP contribution in [0.3, 0.4) is 0 Å². The highest BCUT2D eigenvalue weighted by Gasteiger charge is 2.48. The maximum atomic E-state index is 13.0. The molecule has 1 aromatic heterocycles. The molecule has 1 saturated carbocycles. The second-order valence-electron chi connectivity index (χ2n) is 8.82. The fraction of sp³-hybridized carbons (Fsp3) is 0.320. The van der Waals surface area contributed by atoms with Crippen molar-refractivity contribution in [2.24, 2.45) is 0 Å². The van der Waals surface area contributed by atoms with E-state index in [9.17, 15) is 27.9 Å². The number of nitrogens with one attached hydrogen (secondary N) is 1. The van der Waals surface area contributed by atoms with E-state index in [1.165, 1.54) is 11.0 Å². The second kappa shape index (κ2) is 8.09. The van der Waals surface area contributed by atoms with E-state index < -0.39 is 23.8 Å². The van der Waals surface area contributed by atoms with Gasteiger partial charge in [0.05, 0.1) is 28.8 Å². The normalized spacial score (nSPS) is 17.7. The number of benzene rings is 2. The van der Waals surface area contributed by atoms with Gasteiger partial charge in [0, 0.05) is 13.0 Å². The van der Waals surface area contributed by atoms with Crippen LogP contribution in [0, 0.1) is 0 Å². The monoisotopic (exact) mass is 469 g/mol. The number of amides is 1. The average Bonchev–Trinajstić information content (AvgIpc) is 3.65. The number of hydrogen-bond donors (Lipinski definition) is 2. The van der Waals surface area contributed by atoms with Crippen molar-refractivity contribution in [3.63, 3.8) is 0 Å². The van der Waals surface area contributed by atoms with E-state index in [1.807, 2.05) is 30.3 Å². The fourth-order valence-corrected chi connectivity index (χ4v) is 4.58. The molecule has 1 aliphatic heterocycles. The van der Waals surface area contributed by atoms with E-state index in [4.69, 9.17) is 4.98 Å². The second-order valence-corrected chi connectivity index (χ2v) is 8.82. The van der Waals surface area contributed by atoms with E-state index in [0.717, 1.165) is 36.6 Å². The van der Waals surface area contributed by atoms with Crippen molar-refractivity contribution in [1.29, 1.82) is 0 Å². The summed E-state index contributed by atoms with van der Waals surface area (Å²) in [6.07, 6.45) is -4.27. The quantitative estimate of drug-likeness (QED) is 0.613. The lowest BCUT2D eigenvalue weighted by molar-refractivity contribution is -0.142. The van der Waals surface area contributed by atoms with Crippen molar-refractivity contribution >= 4 is 5.91 Å². The summed E-state index contributed by atoms with van der Waals surface area (Å²) in [7, 11) is 0. The lowest BCUT2D eigenvalue weighted by atomic mass is 9.94. The number of rotatable bonds is 4. The zero-order valence-electron chi connectivity index (χ0n) is 18.1. The summed E-state index contributed by atoms with van der Waals surface area (Å²) in [4.78, 5) is 34.7. The first-order chi connectivity index (χ1) is 16.2. The Morgan fingerprint density at radius 2 is 1.85 bits per heavy atom. The number of carbonyl (C=O) groups is 1. The summed E-state index contributed by atoms with van der Waals surface area (Å²) in [5, 5.41) is 10.5. The molecule has 0 spiro atoms. The van der Waals surface area contributed by atoms with Gasteiger partial charge in [-0.3, -0.25) is 9.59 Å². The highest BCUT2D eigenvalue weighted by atomic mass is 19.4. The van der Waals surface area contributed by atoms with Crippen molar-refractivity contribution in [2.75, 3.05) is 6.54 Å². The fourth-order valence-electron chi connectivity index (χ4n) is 4.58. The number of nitrogens with zero attached hydrogens (tertiary/aromatic N) is 2. The smallest absolute Gasteiger partial charge is 0.378 e. The molecule has 1 atom stereocenters. The zero-order chi connectivity index (χ0) is 24.1. The number of aromatic nitrogens is 2. The number of carbonyl (C=O) groups excluding carboxylic acids is 1. The molecular formula is C25H22F3N3O3. The van der Waals surface area contributed by atoms with E-state index in [0.29, 0.717) is 23.5 Å². The summed E-state index contributed by atoms with van der Waals surface area (Å²) >= 11 is 0. The number of halogens is 3. The molecule has 0 saturated heterocycles. The van der Waals surface area contributed by atoms with Gasteiger partial charge in [-0.15, -0.1) is 0 Å². The molecular weight excluding hydrogens is 447 g/mol. The standard InChI is InChI=1S/C25H22F3N3O3/c26-25(27,28)17-8-4-5-15(13-17)20(32)22(34)31-12-9-19-18(14-31)21(33)30-23(29-19)24(10-11-24)16-6-2-1-3-7-16/h1-8,13,20,32H,9-12,14H2,(H,29,30,33). The van der Waals surface area contributed by atoms with Gasteiger partial charge in [0.25, 0.3) is 11.5 Å². The molecule has 3 aromatic rings. The Morgan fingerprint density at radius 1 is 1.12 bits per heavy atom. The molecule has 176 valence electrons. The molecule has 5 rings (SSSR count). The van der Waals surface area contributed by atoms with Gasteiger partial charge in [-0.1, -0.05) is 42.5 Å². The topological polar surface area (TPSA) is 86.3 Å².